The summed E-state index contributed by atoms with van der Waals surface area (Å²) in [7, 11) is 0. The first kappa shape index (κ1) is 13.9. The lowest BCUT2D eigenvalue weighted by Gasteiger charge is -2.18. The lowest BCUT2D eigenvalue weighted by Crippen LogP contribution is -2.28. The number of carboxylic acids is 1. The summed E-state index contributed by atoms with van der Waals surface area (Å²) in [4.78, 5) is 11.5. The van der Waals surface area contributed by atoms with Crippen molar-refractivity contribution in [1.29, 1.82) is 0 Å². The van der Waals surface area contributed by atoms with Gasteiger partial charge in [-0.2, -0.15) is 0 Å². The van der Waals surface area contributed by atoms with Gasteiger partial charge in [-0.25, -0.2) is 0 Å². The van der Waals surface area contributed by atoms with E-state index in [1.54, 1.807) is 19.9 Å². The molecular weight excluding hydrogens is 262 g/mol. The summed E-state index contributed by atoms with van der Waals surface area (Å²) < 4.78 is 2.07. The molecule has 0 amide bonds. The lowest BCUT2D eigenvalue weighted by atomic mass is 9.85. The smallest absolute Gasteiger partial charge is 0.313 e. The molecule has 2 rings (SSSR count). The predicted octanol–water partition coefficient (Wildman–Crippen LogP) is 4.24. The Balaban J connectivity index is 2.80. The first-order chi connectivity index (χ1) is 8.75. The van der Waals surface area contributed by atoms with Crippen LogP contribution in [0.5, 0.6) is 0 Å². The number of hydrogen-bond acceptors (Lipinski definition) is 1. The van der Waals surface area contributed by atoms with Crippen LogP contribution in [-0.2, 0) is 10.2 Å². The van der Waals surface area contributed by atoms with E-state index in [9.17, 15) is 9.90 Å². The van der Waals surface area contributed by atoms with Gasteiger partial charge >= 0.3 is 5.97 Å². The number of rotatable bonds is 3. The van der Waals surface area contributed by atoms with E-state index in [1.807, 2.05) is 18.3 Å². The van der Waals surface area contributed by atoms with Gasteiger partial charge in [0.25, 0.3) is 0 Å². The van der Waals surface area contributed by atoms with Crippen LogP contribution in [0.25, 0.3) is 10.9 Å². The maximum atomic E-state index is 11.5. The fourth-order valence-electron chi connectivity index (χ4n) is 2.26. The molecule has 0 saturated heterocycles. The molecule has 1 aromatic carbocycles. The number of aromatic nitrogens is 1. The van der Waals surface area contributed by atoms with Gasteiger partial charge in [-0.3, -0.25) is 4.79 Å². The molecule has 0 bridgehead atoms. The minimum atomic E-state index is -0.924. The van der Waals surface area contributed by atoms with Gasteiger partial charge in [0.2, 0.25) is 0 Å². The van der Waals surface area contributed by atoms with Crippen molar-refractivity contribution in [3.63, 3.8) is 0 Å². The Bertz CT molecular complexity index is 641. The van der Waals surface area contributed by atoms with Crippen LogP contribution in [-0.4, -0.2) is 15.6 Å². The molecule has 1 N–H and O–H groups in total. The van der Waals surface area contributed by atoms with Crippen LogP contribution in [0.1, 0.15) is 39.3 Å². The first-order valence-corrected chi connectivity index (χ1v) is 6.67. The minimum absolute atomic E-state index is 0.249. The lowest BCUT2D eigenvalue weighted by molar-refractivity contribution is -0.142. The highest BCUT2D eigenvalue weighted by molar-refractivity contribution is 6.31. The summed E-state index contributed by atoms with van der Waals surface area (Å²) in [6.45, 7) is 7.59. The number of halogens is 1. The van der Waals surface area contributed by atoms with E-state index < -0.39 is 11.4 Å². The summed E-state index contributed by atoms with van der Waals surface area (Å²) in [5, 5.41) is 11.0. The summed E-state index contributed by atoms with van der Waals surface area (Å²) >= 11 is 6.05. The molecule has 0 aliphatic rings. The Hall–Kier alpha value is -1.48. The average Bonchev–Trinajstić information content (AvgIpc) is 2.67. The Morgan fingerprint density at radius 1 is 1.37 bits per heavy atom. The molecule has 1 aromatic heterocycles. The molecule has 0 fully saturated rings. The van der Waals surface area contributed by atoms with Crippen molar-refractivity contribution in [2.75, 3.05) is 0 Å². The number of carbonyl (C=O) groups is 1. The topological polar surface area (TPSA) is 42.2 Å². The van der Waals surface area contributed by atoms with Crippen molar-refractivity contribution < 1.29 is 9.90 Å². The molecule has 0 saturated carbocycles. The molecule has 0 radical (unpaired) electrons. The van der Waals surface area contributed by atoms with Gasteiger partial charge < -0.3 is 9.67 Å². The fraction of sp³-hybridized carbons (Fsp3) is 0.400. The highest BCUT2D eigenvalue weighted by atomic mass is 35.5. The summed E-state index contributed by atoms with van der Waals surface area (Å²) in [6.07, 6.45) is 1.93. The van der Waals surface area contributed by atoms with Crippen LogP contribution in [0.3, 0.4) is 0 Å². The molecular formula is C15H18ClNO2. The predicted molar refractivity (Wildman–Crippen MR) is 78.0 cm³/mol. The second-order valence-corrected chi connectivity index (χ2v) is 6.07. The molecule has 4 heteroatoms. The van der Waals surface area contributed by atoms with E-state index >= 15 is 0 Å². The molecule has 0 spiro atoms. The van der Waals surface area contributed by atoms with Crippen molar-refractivity contribution >= 4 is 28.5 Å². The zero-order chi connectivity index (χ0) is 14.4. The normalized spacial score (nSPS) is 12.3. The van der Waals surface area contributed by atoms with Gasteiger partial charge in [-0.15, -0.1) is 0 Å². The van der Waals surface area contributed by atoms with E-state index in [1.165, 1.54) is 0 Å². The van der Waals surface area contributed by atoms with Gasteiger partial charge in [0.15, 0.2) is 0 Å². The number of fused-ring (bicyclic) bond motifs is 1. The average molecular weight is 280 g/mol. The summed E-state index contributed by atoms with van der Waals surface area (Å²) in [5.74, 6) is -0.828. The third-order valence-corrected chi connectivity index (χ3v) is 3.80. The third-order valence-electron chi connectivity index (χ3n) is 3.56. The van der Waals surface area contributed by atoms with E-state index in [2.05, 4.69) is 18.4 Å². The van der Waals surface area contributed by atoms with E-state index in [0.717, 1.165) is 16.5 Å². The summed E-state index contributed by atoms with van der Waals surface area (Å²) in [5.41, 5.74) is 0.874. The molecule has 1 heterocycles. The molecule has 0 aliphatic carbocycles. The van der Waals surface area contributed by atoms with E-state index in [0.29, 0.717) is 5.02 Å². The van der Waals surface area contributed by atoms with Crippen molar-refractivity contribution in [1.82, 2.24) is 4.57 Å². The Morgan fingerprint density at radius 2 is 2.00 bits per heavy atom. The van der Waals surface area contributed by atoms with Gasteiger partial charge in [-0.05, 0) is 45.4 Å². The number of carboxylic acid groups (broad SMARTS) is 1. The highest BCUT2D eigenvalue weighted by Gasteiger charge is 2.33. The maximum absolute atomic E-state index is 11.5. The molecule has 3 nitrogen and oxygen atoms in total. The van der Waals surface area contributed by atoms with Gasteiger partial charge in [0.05, 0.1) is 10.9 Å². The van der Waals surface area contributed by atoms with Crippen molar-refractivity contribution in [2.45, 2.75) is 39.2 Å². The number of benzene rings is 1. The zero-order valence-electron chi connectivity index (χ0n) is 11.6. The number of aliphatic carboxylic acids is 1. The Kier molecular flexibility index (Phi) is 3.35. The minimum Gasteiger partial charge on any atom is -0.481 e. The molecule has 19 heavy (non-hydrogen) atoms. The molecule has 0 aliphatic heterocycles. The van der Waals surface area contributed by atoms with Gasteiger partial charge in [0.1, 0.15) is 0 Å². The monoisotopic (exact) mass is 279 g/mol. The zero-order valence-corrected chi connectivity index (χ0v) is 12.3. The van der Waals surface area contributed by atoms with Crippen LogP contribution >= 0.6 is 11.6 Å². The molecule has 102 valence electrons. The Morgan fingerprint density at radius 3 is 2.53 bits per heavy atom. The van der Waals surface area contributed by atoms with E-state index in [4.69, 9.17) is 11.6 Å². The maximum Gasteiger partial charge on any atom is 0.313 e. The number of hydrogen-bond donors (Lipinski definition) is 1. The highest BCUT2D eigenvalue weighted by Crippen LogP contribution is 2.35. The van der Waals surface area contributed by atoms with Crippen LogP contribution in [0.4, 0.5) is 0 Å². The van der Waals surface area contributed by atoms with E-state index in [-0.39, 0.29) is 6.04 Å². The second-order valence-electron chi connectivity index (χ2n) is 5.64. The fourth-order valence-corrected chi connectivity index (χ4v) is 2.43. The van der Waals surface area contributed by atoms with Crippen LogP contribution in [0, 0.1) is 0 Å². The van der Waals surface area contributed by atoms with Crippen LogP contribution in [0.2, 0.25) is 5.02 Å². The number of nitrogens with zero attached hydrogens (tertiary/aromatic N) is 1. The largest absolute Gasteiger partial charge is 0.481 e. The molecule has 0 unspecified atom stereocenters. The SMILES string of the molecule is CC(C)n1cc(C(C)(C)C(=O)O)c2ccc(Cl)cc21. The summed E-state index contributed by atoms with van der Waals surface area (Å²) in [6, 6.07) is 5.84. The van der Waals surface area contributed by atoms with Crippen LogP contribution in [0.15, 0.2) is 24.4 Å². The first-order valence-electron chi connectivity index (χ1n) is 6.29. The van der Waals surface area contributed by atoms with Crippen molar-refractivity contribution in [3.05, 3.63) is 35.0 Å². The Labute approximate surface area is 117 Å². The van der Waals surface area contributed by atoms with Crippen molar-refractivity contribution in [3.8, 4) is 0 Å². The molecule has 2 aromatic rings. The molecule has 0 atom stereocenters. The standard InChI is InChI=1S/C15H18ClNO2/c1-9(2)17-8-12(15(3,4)14(18)19)11-6-5-10(16)7-13(11)17/h5-9H,1-4H3,(H,18,19). The van der Waals surface area contributed by atoms with Gasteiger partial charge in [0, 0.05) is 22.6 Å². The second kappa shape index (κ2) is 4.57. The van der Waals surface area contributed by atoms with Gasteiger partial charge in [-0.1, -0.05) is 17.7 Å². The van der Waals surface area contributed by atoms with Crippen LogP contribution < -0.4 is 0 Å². The van der Waals surface area contributed by atoms with Crippen molar-refractivity contribution in [2.24, 2.45) is 0 Å². The third kappa shape index (κ3) is 2.23. The quantitative estimate of drug-likeness (QED) is 0.913.